The first kappa shape index (κ1) is 22.1. The topological polar surface area (TPSA) is 150 Å². The smallest absolute Gasteiger partial charge is 0.362 e. The Labute approximate surface area is 160 Å². The fourth-order valence-corrected chi connectivity index (χ4v) is 2.28. The van der Waals surface area contributed by atoms with Crippen molar-refractivity contribution in [1.82, 2.24) is 15.0 Å². The number of amides is 2. The van der Waals surface area contributed by atoms with Crippen LogP contribution >= 0.6 is 11.3 Å². The first-order chi connectivity index (χ1) is 12.9. The van der Waals surface area contributed by atoms with E-state index in [0.29, 0.717) is 23.7 Å². The molecule has 1 N–H and O–H groups in total. The maximum Gasteiger partial charge on any atom is 0.362 e. The molecular formula is C14H17N5O6S2. The van der Waals surface area contributed by atoms with Crippen molar-refractivity contribution in [3.8, 4) is 6.01 Å². The number of ether oxygens (including phenoxy) is 2. The van der Waals surface area contributed by atoms with Gasteiger partial charge in [0, 0.05) is 6.42 Å². The van der Waals surface area contributed by atoms with Crippen molar-refractivity contribution in [3.05, 3.63) is 28.2 Å². The fraction of sp³-hybridized carbons (Fsp3) is 0.357. The zero-order valence-corrected chi connectivity index (χ0v) is 16.3. The minimum Gasteiger partial charge on any atom is -0.467 e. The molecule has 0 aliphatic carbocycles. The van der Waals surface area contributed by atoms with Gasteiger partial charge in [0.05, 0.1) is 13.7 Å². The van der Waals surface area contributed by atoms with Crippen LogP contribution in [0.2, 0.25) is 0 Å². The molecule has 27 heavy (non-hydrogen) atoms. The van der Waals surface area contributed by atoms with Gasteiger partial charge in [0.15, 0.2) is 0 Å². The van der Waals surface area contributed by atoms with E-state index in [0.717, 1.165) is 0 Å². The quantitative estimate of drug-likeness (QED) is 0.723. The minimum absolute atomic E-state index is 0.0235. The summed E-state index contributed by atoms with van der Waals surface area (Å²) in [6.45, 7) is 4.04. The van der Waals surface area contributed by atoms with E-state index < -0.39 is 16.5 Å². The Hall–Kier alpha value is -2.93. The van der Waals surface area contributed by atoms with Crippen molar-refractivity contribution in [2.24, 2.45) is 4.36 Å². The normalized spacial score (nSPS) is 9.44. The lowest BCUT2D eigenvalue weighted by Crippen LogP contribution is -2.12. The number of carbonyl (C=O) groups excluding carboxylic acids is 2. The van der Waals surface area contributed by atoms with E-state index in [-0.39, 0.29) is 17.9 Å². The third-order valence-corrected chi connectivity index (χ3v) is 3.70. The lowest BCUT2D eigenvalue weighted by Gasteiger charge is -2.03. The number of urea groups is 1. The van der Waals surface area contributed by atoms with Crippen LogP contribution in [0.25, 0.3) is 0 Å². The van der Waals surface area contributed by atoms with Gasteiger partial charge in [-0.1, -0.05) is 17.4 Å². The van der Waals surface area contributed by atoms with E-state index in [9.17, 15) is 18.0 Å². The molecule has 2 aromatic rings. The molecule has 0 fully saturated rings. The number of nitrogens with zero attached hydrogens (tertiary/aromatic N) is 4. The van der Waals surface area contributed by atoms with E-state index in [4.69, 9.17) is 9.47 Å². The lowest BCUT2D eigenvalue weighted by atomic mass is 10.5. The molecule has 146 valence electrons. The van der Waals surface area contributed by atoms with Crippen LogP contribution in [0.5, 0.6) is 6.01 Å². The van der Waals surface area contributed by atoms with E-state index in [2.05, 4.69) is 24.6 Å². The summed E-state index contributed by atoms with van der Waals surface area (Å²) in [6, 6.07) is 2.52. The molecule has 2 rings (SSSR count). The summed E-state index contributed by atoms with van der Waals surface area (Å²) < 4.78 is 32.5. The van der Waals surface area contributed by atoms with Crippen molar-refractivity contribution in [1.29, 1.82) is 0 Å². The van der Waals surface area contributed by atoms with Gasteiger partial charge in [-0.25, -0.2) is 9.59 Å². The van der Waals surface area contributed by atoms with E-state index in [1.807, 2.05) is 11.4 Å². The summed E-state index contributed by atoms with van der Waals surface area (Å²) in [5, 5.41) is 3.94. The number of hydrogen-bond acceptors (Lipinski definition) is 10. The number of nitrogens with one attached hydrogen (secondary N) is 1. The van der Waals surface area contributed by atoms with Crippen LogP contribution in [0.4, 0.5) is 10.7 Å². The molecule has 0 aliphatic heterocycles. The average Bonchev–Trinajstić information content (AvgIpc) is 3.16. The molecule has 2 heterocycles. The SMILES string of the molecule is CCOC(=O)c1cccs1.CCc1nc(NC(=O)N=S(=O)=O)nc(OC)n1. The zero-order valence-electron chi connectivity index (χ0n) is 14.7. The minimum atomic E-state index is -2.82. The molecule has 0 unspecified atom stereocenters. The monoisotopic (exact) mass is 415 g/mol. The van der Waals surface area contributed by atoms with Gasteiger partial charge in [-0.15, -0.1) is 11.3 Å². The third kappa shape index (κ3) is 8.33. The summed E-state index contributed by atoms with van der Waals surface area (Å²) in [7, 11) is -1.46. The van der Waals surface area contributed by atoms with Crippen molar-refractivity contribution in [2.45, 2.75) is 20.3 Å². The van der Waals surface area contributed by atoms with Gasteiger partial charge >= 0.3 is 28.5 Å². The number of thiophene rings is 1. The van der Waals surface area contributed by atoms with E-state index >= 15 is 0 Å². The van der Waals surface area contributed by atoms with Gasteiger partial charge < -0.3 is 9.47 Å². The summed E-state index contributed by atoms with van der Waals surface area (Å²) in [5.74, 6) is 0.0563. The number of hydrogen-bond donors (Lipinski definition) is 1. The van der Waals surface area contributed by atoms with Gasteiger partial charge in [-0.3, -0.25) is 5.32 Å². The predicted octanol–water partition coefficient (Wildman–Crippen LogP) is 1.96. The molecule has 0 bridgehead atoms. The predicted molar refractivity (Wildman–Crippen MR) is 96.4 cm³/mol. The van der Waals surface area contributed by atoms with Crippen LogP contribution in [0.15, 0.2) is 21.9 Å². The second kappa shape index (κ2) is 11.6. The molecule has 13 heteroatoms. The van der Waals surface area contributed by atoms with Gasteiger partial charge in [-0.05, 0) is 18.4 Å². The second-order valence-corrected chi connectivity index (χ2v) is 5.92. The van der Waals surface area contributed by atoms with Crippen LogP contribution in [0.3, 0.4) is 0 Å². The Kier molecular flexibility index (Phi) is 9.53. The van der Waals surface area contributed by atoms with Crippen molar-refractivity contribution >= 4 is 39.8 Å². The fourth-order valence-electron chi connectivity index (χ4n) is 1.49. The van der Waals surface area contributed by atoms with Gasteiger partial charge in [0.25, 0.3) is 0 Å². The average molecular weight is 415 g/mol. The Morgan fingerprint density at radius 3 is 2.52 bits per heavy atom. The molecule has 0 spiro atoms. The number of methoxy groups -OCH3 is 1. The number of aryl methyl sites for hydroxylation is 1. The first-order valence-electron chi connectivity index (χ1n) is 7.51. The molecule has 0 saturated carbocycles. The van der Waals surface area contributed by atoms with Crippen LogP contribution < -0.4 is 10.1 Å². The molecule has 0 radical (unpaired) electrons. The third-order valence-electron chi connectivity index (χ3n) is 2.53. The largest absolute Gasteiger partial charge is 0.467 e. The summed E-state index contributed by atoms with van der Waals surface area (Å²) in [6.07, 6.45) is 0.506. The Balaban J connectivity index is 0.000000309. The highest BCUT2D eigenvalue weighted by Crippen LogP contribution is 2.09. The van der Waals surface area contributed by atoms with Crippen molar-refractivity contribution < 1.29 is 27.5 Å². The van der Waals surface area contributed by atoms with E-state index in [1.54, 1.807) is 19.9 Å². The maximum atomic E-state index is 11.0. The number of anilines is 1. The molecule has 2 aromatic heterocycles. The van der Waals surface area contributed by atoms with Crippen LogP contribution in [0, 0.1) is 0 Å². The lowest BCUT2D eigenvalue weighted by molar-refractivity contribution is 0.0532. The molecule has 11 nitrogen and oxygen atoms in total. The van der Waals surface area contributed by atoms with Crippen LogP contribution in [-0.4, -0.2) is 49.1 Å². The zero-order chi connectivity index (χ0) is 20.2. The Morgan fingerprint density at radius 1 is 1.26 bits per heavy atom. The van der Waals surface area contributed by atoms with Crippen molar-refractivity contribution in [2.75, 3.05) is 19.0 Å². The number of aromatic nitrogens is 3. The van der Waals surface area contributed by atoms with Crippen LogP contribution in [0.1, 0.15) is 29.3 Å². The number of esters is 1. The molecule has 2 amide bonds. The van der Waals surface area contributed by atoms with Gasteiger partial charge in [-0.2, -0.15) is 23.4 Å². The standard InChI is InChI=1S/C7H9N5O4S.C7H8O2S/c1-3-4-8-5(11-7(9-4)16-2)10-6(13)12-17(14)15;1-2-9-7(8)6-4-3-5-10-6/h3H2,1-2H3,(H,8,9,10,11,13);3-5H,2H2,1H3. The second-order valence-electron chi connectivity index (χ2n) is 4.35. The highest BCUT2D eigenvalue weighted by Gasteiger charge is 2.08. The van der Waals surface area contributed by atoms with E-state index in [1.165, 1.54) is 18.4 Å². The highest BCUT2D eigenvalue weighted by molar-refractivity contribution is 7.62. The summed E-state index contributed by atoms with van der Waals surface area (Å²) in [4.78, 5) is 34.0. The molecule has 0 atom stereocenters. The molecule has 0 aliphatic rings. The first-order valence-corrected chi connectivity index (χ1v) is 9.42. The van der Waals surface area contributed by atoms with Gasteiger partial charge in [0.1, 0.15) is 10.7 Å². The molecule has 0 saturated heterocycles. The maximum absolute atomic E-state index is 11.0. The summed E-state index contributed by atoms with van der Waals surface area (Å²) >= 11 is 1.40. The Morgan fingerprint density at radius 2 is 2.00 bits per heavy atom. The summed E-state index contributed by atoms with van der Waals surface area (Å²) in [5.41, 5.74) is 0. The molecule has 0 aromatic carbocycles. The number of rotatable bonds is 5. The van der Waals surface area contributed by atoms with Gasteiger partial charge in [0.2, 0.25) is 5.95 Å². The number of carbonyl (C=O) groups is 2. The van der Waals surface area contributed by atoms with Crippen molar-refractivity contribution in [3.63, 3.8) is 0 Å². The molecular weight excluding hydrogens is 398 g/mol. The van der Waals surface area contributed by atoms with Crippen LogP contribution in [-0.2, 0) is 21.7 Å². The highest BCUT2D eigenvalue weighted by atomic mass is 32.2. The Bertz CT molecular complexity index is 868.